The number of hydrogen-bond acceptors (Lipinski definition) is 3. The van der Waals surface area contributed by atoms with Crippen LogP contribution in [0.4, 0.5) is 13.2 Å². The first-order chi connectivity index (χ1) is 10.8. The first-order valence-corrected chi connectivity index (χ1v) is 6.73. The van der Waals surface area contributed by atoms with Crippen molar-refractivity contribution in [2.24, 2.45) is 0 Å². The van der Waals surface area contributed by atoms with Gasteiger partial charge in [-0.2, -0.15) is 18.4 Å². The van der Waals surface area contributed by atoms with Gasteiger partial charge < -0.3 is 9.47 Å². The molecule has 0 saturated carbocycles. The normalized spacial score (nSPS) is 11.0. The van der Waals surface area contributed by atoms with Crippen molar-refractivity contribution >= 4 is 0 Å². The Hall–Kier alpha value is -2.68. The lowest BCUT2D eigenvalue weighted by molar-refractivity contribution is -0.137. The zero-order valence-corrected chi connectivity index (χ0v) is 12.6. The fourth-order valence-corrected chi connectivity index (χ4v) is 2.09. The van der Waals surface area contributed by atoms with Gasteiger partial charge in [0.05, 0.1) is 18.2 Å². The topological polar surface area (TPSA) is 42.2 Å². The Kier molecular flexibility index (Phi) is 4.80. The summed E-state index contributed by atoms with van der Waals surface area (Å²) < 4.78 is 48.9. The highest BCUT2D eigenvalue weighted by atomic mass is 19.4. The number of nitriles is 1. The lowest BCUT2D eigenvalue weighted by atomic mass is 10.0. The number of methoxy groups -OCH3 is 1. The maximum Gasteiger partial charge on any atom is 0.416 e. The van der Waals surface area contributed by atoms with Crippen LogP contribution in [0, 0.1) is 18.3 Å². The van der Waals surface area contributed by atoms with Crippen molar-refractivity contribution < 1.29 is 22.6 Å². The van der Waals surface area contributed by atoms with Gasteiger partial charge >= 0.3 is 6.18 Å². The lowest BCUT2D eigenvalue weighted by Crippen LogP contribution is -2.07. The lowest BCUT2D eigenvalue weighted by Gasteiger charge is -2.14. The smallest absolute Gasteiger partial charge is 0.416 e. The second-order valence-corrected chi connectivity index (χ2v) is 4.92. The van der Waals surface area contributed by atoms with Crippen molar-refractivity contribution in [2.75, 3.05) is 7.11 Å². The summed E-state index contributed by atoms with van der Waals surface area (Å²) in [7, 11) is 1.55. The first-order valence-electron chi connectivity index (χ1n) is 6.73. The summed E-state index contributed by atoms with van der Waals surface area (Å²) in [5.74, 6) is 0.855. The Morgan fingerprint density at radius 1 is 1.13 bits per heavy atom. The van der Waals surface area contributed by atoms with Gasteiger partial charge in [0.15, 0.2) is 0 Å². The summed E-state index contributed by atoms with van der Waals surface area (Å²) in [6.07, 6.45) is -4.50. The van der Waals surface area contributed by atoms with Gasteiger partial charge in [-0.1, -0.05) is 12.1 Å². The van der Waals surface area contributed by atoms with Gasteiger partial charge in [-0.3, -0.25) is 0 Å². The minimum Gasteiger partial charge on any atom is -0.497 e. The third kappa shape index (κ3) is 3.95. The Morgan fingerprint density at radius 2 is 1.78 bits per heavy atom. The monoisotopic (exact) mass is 321 g/mol. The van der Waals surface area contributed by atoms with Crippen LogP contribution in [0.2, 0.25) is 0 Å². The van der Waals surface area contributed by atoms with E-state index >= 15 is 0 Å². The van der Waals surface area contributed by atoms with E-state index in [1.807, 2.05) is 0 Å². The molecule has 2 aromatic rings. The molecule has 6 heteroatoms. The average Bonchev–Trinajstić information content (AvgIpc) is 2.52. The molecule has 2 aromatic carbocycles. The minimum atomic E-state index is -4.50. The first kappa shape index (κ1) is 16.7. The number of halogens is 3. The highest BCUT2D eigenvalue weighted by molar-refractivity contribution is 5.51. The van der Waals surface area contributed by atoms with Crippen molar-refractivity contribution in [2.45, 2.75) is 19.7 Å². The SMILES string of the molecule is COc1ccc(COc2c(C)cc(C(F)(F)F)cc2C#N)cc1. The van der Waals surface area contributed by atoms with E-state index in [2.05, 4.69) is 0 Å². The van der Waals surface area contributed by atoms with Crippen LogP contribution in [0.3, 0.4) is 0 Å². The zero-order chi connectivity index (χ0) is 17.0. The van der Waals surface area contributed by atoms with E-state index in [9.17, 15) is 13.2 Å². The Bertz CT molecular complexity index is 731. The molecule has 0 heterocycles. The molecule has 0 amide bonds. The summed E-state index contributed by atoms with van der Waals surface area (Å²) in [6, 6.07) is 10.6. The van der Waals surface area contributed by atoms with Crippen LogP contribution < -0.4 is 9.47 Å². The molecule has 0 aliphatic rings. The maximum absolute atomic E-state index is 12.8. The molecule has 0 bridgehead atoms. The van der Waals surface area contributed by atoms with Crippen LogP contribution in [-0.4, -0.2) is 7.11 Å². The second-order valence-electron chi connectivity index (χ2n) is 4.92. The molecule has 120 valence electrons. The van der Waals surface area contributed by atoms with Gasteiger partial charge in [-0.15, -0.1) is 0 Å². The van der Waals surface area contributed by atoms with Crippen molar-refractivity contribution in [3.63, 3.8) is 0 Å². The van der Waals surface area contributed by atoms with Crippen LogP contribution in [0.25, 0.3) is 0 Å². The van der Waals surface area contributed by atoms with Crippen LogP contribution in [0.15, 0.2) is 36.4 Å². The molecular formula is C17H14F3NO2. The fraction of sp³-hybridized carbons (Fsp3) is 0.235. The summed E-state index contributed by atoms with van der Waals surface area (Å²) in [5.41, 5.74) is 0.0908. The number of hydrogen-bond donors (Lipinski definition) is 0. The van der Waals surface area contributed by atoms with Gasteiger partial charge in [0.1, 0.15) is 24.2 Å². The minimum absolute atomic E-state index is 0.133. The van der Waals surface area contributed by atoms with E-state index in [1.54, 1.807) is 37.4 Å². The molecule has 0 unspecified atom stereocenters. The molecule has 2 rings (SSSR count). The predicted molar refractivity (Wildman–Crippen MR) is 78.2 cm³/mol. The largest absolute Gasteiger partial charge is 0.497 e. The van der Waals surface area contributed by atoms with Crippen LogP contribution >= 0.6 is 0 Å². The second kappa shape index (κ2) is 6.61. The molecule has 0 saturated heterocycles. The van der Waals surface area contributed by atoms with Crippen molar-refractivity contribution in [3.05, 3.63) is 58.7 Å². The summed E-state index contributed by atoms with van der Waals surface area (Å²) >= 11 is 0. The molecule has 0 aromatic heterocycles. The molecule has 0 fully saturated rings. The third-order valence-corrected chi connectivity index (χ3v) is 3.26. The number of nitrogens with zero attached hydrogens (tertiary/aromatic N) is 1. The van der Waals surface area contributed by atoms with Crippen LogP contribution in [-0.2, 0) is 12.8 Å². The average molecular weight is 321 g/mol. The summed E-state index contributed by atoms with van der Waals surface area (Å²) in [6.45, 7) is 1.63. The highest BCUT2D eigenvalue weighted by Gasteiger charge is 2.32. The Balaban J connectivity index is 2.24. The van der Waals surface area contributed by atoms with Crippen LogP contribution in [0.5, 0.6) is 11.5 Å². The highest BCUT2D eigenvalue weighted by Crippen LogP contribution is 2.35. The van der Waals surface area contributed by atoms with E-state index in [0.717, 1.165) is 17.7 Å². The maximum atomic E-state index is 12.8. The molecule has 0 radical (unpaired) electrons. The number of aryl methyl sites for hydroxylation is 1. The quantitative estimate of drug-likeness (QED) is 0.834. The van der Waals surface area contributed by atoms with Gasteiger partial charge in [-0.05, 0) is 42.3 Å². The van der Waals surface area contributed by atoms with E-state index in [4.69, 9.17) is 14.7 Å². The number of ether oxygens (including phenoxy) is 2. The number of alkyl halides is 3. The van der Waals surface area contributed by atoms with Gasteiger partial charge in [0, 0.05) is 0 Å². The van der Waals surface area contributed by atoms with E-state index in [1.165, 1.54) is 6.92 Å². The molecule has 0 aliphatic heterocycles. The van der Waals surface area contributed by atoms with E-state index < -0.39 is 11.7 Å². The Labute approximate surface area is 131 Å². The molecule has 3 nitrogen and oxygen atoms in total. The zero-order valence-electron chi connectivity index (χ0n) is 12.6. The Morgan fingerprint density at radius 3 is 2.30 bits per heavy atom. The number of rotatable bonds is 4. The van der Waals surface area contributed by atoms with Crippen molar-refractivity contribution in [1.29, 1.82) is 5.26 Å². The molecule has 0 aliphatic carbocycles. The van der Waals surface area contributed by atoms with Crippen molar-refractivity contribution in [1.82, 2.24) is 0 Å². The molecular weight excluding hydrogens is 307 g/mol. The van der Waals surface area contributed by atoms with E-state index in [-0.39, 0.29) is 23.5 Å². The molecule has 0 spiro atoms. The fourth-order valence-electron chi connectivity index (χ4n) is 2.09. The standard InChI is InChI=1S/C17H14F3NO2/c1-11-7-14(17(18,19)20)8-13(9-21)16(11)23-10-12-3-5-15(22-2)6-4-12/h3-8H,10H2,1-2H3. The third-order valence-electron chi connectivity index (χ3n) is 3.26. The van der Waals surface area contributed by atoms with Gasteiger partial charge in [0.25, 0.3) is 0 Å². The predicted octanol–water partition coefficient (Wildman–Crippen LogP) is 4.47. The van der Waals surface area contributed by atoms with Gasteiger partial charge in [0.2, 0.25) is 0 Å². The summed E-state index contributed by atoms with van der Waals surface area (Å²) in [5, 5.41) is 9.08. The summed E-state index contributed by atoms with van der Waals surface area (Å²) in [4.78, 5) is 0. The van der Waals surface area contributed by atoms with Crippen molar-refractivity contribution in [3.8, 4) is 17.6 Å². The number of benzene rings is 2. The molecule has 23 heavy (non-hydrogen) atoms. The van der Waals surface area contributed by atoms with Gasteiger partial charge in [-0.25, -0.2) is 0 Å². The van der Waals surface area contributed by atoms with E-state index in [0.29, 0.717) is 5.75 Å². The van der Waals surface area contributed by atoms with Crippen LogP contribution in [0.1, 0.15) is 22.3 Å². The molecule has 0 atom stereocenters. The molecule has 0 N–H and O–H groups in total.